The van der Waals surface area contributed by atoms with Gasteiger partial charge >= 0.3 is 0 Å². The quantitative estimate of drug-likeness (QED) is 0.504. The van der Waals surface area contributed by atoms with Crippen LogP contribution >= 0.6 is 15.9 Å². The molecule has 3 heteroatoms. The van der Waals surface area contributed by atoms with Gasteiger partial charge in [0.05, 0.1) is 21.2 Å². The predicted octanol–water partition coefficient (Wildman–Crippen LogP) is 5.25. The summed E-state index contributed by atoms with van der Waals surface area (Å²) < 4.78 is 2.88. The molecule has 0 spiro atoms. The summed E-state index contributed by atoms with van der Waals surface area (Å²) in [4.78, 5) is 0. The van der Waals surface area contributed by atoms with Crippen LogP contribution in [-0.4, -0.2) is 9.67 Å². The first kappa shape index (κ1) is 12.5. The van der Waals surface area contributed by atoms with Crippen LogP contribution in [0.5, 0.6) is 5.75 Å². The second-order valence-electron chi connectivity index (χ2n) is 4.98. The molecule has 4 rings (SSSR count). The van der Waals surface area contributed by atoms with E-state index in [2.05, 4.69) is 56.9 Å². The van der Waals surface area contributed by atoms with Gasteiger partial charge in [0.2, 0.25) is 0 Å². The van der Waals surface area contributed by atoms with Crippen molar-refractivity contribution in [3.63, 3.8) is 0 Å². The number of aromatic hydroxyl groups is 1. The van der Waals surface area contributed by atoms with Crippen LogP contribution in [0.1, 0.15) is 0 Å². The molecule has 0 unspecified atom stereocenters. The standard InChI is InChI=1S/C18H12BrNO/c19-18-16(10-5-11-17(18)21)20-14-8-3-1-6-12(14)13-7-2-4-9-15(13)20/h1-11,21H. The highest BCUT2D eigenvalue weighted by molar-refractivity contribution is 9.10. The van der Waals surface area contributed by atoms with Crippen molar-refractivity contribution in [2.75, 3.05) is 0 Å². The van der Waals surface area contributed by atoms with Gasteiger partial charge in [-0.3, -0.25) is 0 Å². The van der Waals surface area contributed by atoms with Crippen LogP contribution in [0.2, 0.25) is 0 Å². The summed E-state index contributed by atoms with van der Waals surface area (Å²) in [6, 6.07) is 22.2. The highest BCUT2D eigenvalue weighted by Crippen LogP contribution is 2.37. The molecule has 0 atom stereocenters. The summed E-state index contributed by atoms with van der Waals surface area (Å²) in [6.45, 7) is 0. The molecule has 0 amide bonds. The molecule has 102 valence electrons. The fourth-order valence-electron chi connectivity index (χ4n) is 2.86. The van der Waals surface area contributed by atoms with Gasteiger partial charge in [-0.1, -0.05) is 42.5 Å². The van der Waals surface area contributed by atoms with Crippen molar-refractivity contribution in [2.45, 2.75) is 0 Å². The molecular formula is C18H12BrNO. The van der Waals surface area contributed by atoms with Crippen LogP contribution in [0, 0.1) is 0 Å². The number of nitrogens with zero attached hydrogens (tertiary/aromatic N) is 1. The molecule has 1 N–H and O–H groups in total. The van der Waals surface area contributed by atoms with Crippen molar-refractivity contribution in [2.24, 2.45) is 0 Å². The van der Waals surface area contributed by atoms with Crippen LogP contribution in [0.3, 0.4) is 0 Å². The van der Waals surface area contributed by atoms with E-state index in [1.54, 1.807) is 6.07 Å². The zero-order valence-corrected chi connectivity index (χ0v) is 12.7. The van der Waals surface area contributed by atoms with Crippen molar-refractivity contribution < 1.29 is 5.11 Å². The molecule has 21 heavy (non-hydrogen) atoms. The van der Waals surface area contributed by atoms with Gasteiger partial charge in [-0.15, -0.1) is 0 Å². The molecule has 0 aliphatic heterocycles. The summed E-state index contributed by atoms with van der Waals surface area (Å²) >= 11 is 3.50. The molecule has 0 fully saturated rings. The van der Waals surface area contributed by atoms with Crippen molar-refractivity contribution in [3.8, 4) is 11.4 Å². The van der Waals surface area contributed by atoms with E-state index in [1.807, 2.05) is 24.3 Å². The smallest absolute Gasteiger partial charge is 0.131 e. The number of rotatable bonds is 1. The number of hydrogen-bond donors (Lipinski definition) is 1. The van der Waals surface area contributed by atoms with Gasteiger partial charge in [0.15, 0.2) is 0 Å². The topological polar surface area (TPSA) is 25.2 Å². The molecule has 0 radical (unpaired) electrons. The van der Waals surface area contributed by atoms with E-state index in [1.165, 1.54) is 10.8 Å². The third-order valence-electron chi connectivity index (χ3n) is 3.78. The van der Waals surface area contributed by atoms with E-state index in [0.717, 1.165) is 16.7 Å². The maximum absolute atomic E-state index is 9.98. The van der Waals surface area contributed by atoms with Crippen LogP contribution in [0.25, 0.3) is 27.5 Å². The Morgan fingerprint density at radius 2 is 1.29 bits per heavy atom. The van der Waals surface area contributed by atoms with E-state index in [0.29, 0.717) is 4.47 Å². The lowest BCUT2D eigenvalue weighted by atomic mass is 10.2. The van der Waals surface area contributed by atoms with E-state index in [-0.39, 0.29) is 5.75 Å². The van der Waals surface area contributed by atoms with E-state index in [9.17, 15) is 5.11 Å². The minimum Gasteiger partial charge on any atom is -0.507 e. The third-order valence-corrected chi connectivity index (χ3v) is 4.59. The molecule has 1 aromatic heterocycles. The molecule has 0 saturated carbocycles. The Bertz CT molecular complexity index is 918. The largest absolute Gasteiger partial charge is 0.507 e. The molecule has 0 aliphatic rings. The molecule has 3 aromatic carbocycles. The Balaban J connectivity index is 2.23. The van der Waals surface area contributed by atoms with Crippen LogP contribution < -0.4 is 0 Å². The molecule has 1 heterocycles. The van der Waals surface area contributed by atoms with E-state index in [4.69, 9.17) is 0 Å². The Morgan fingerprint density at radius 1 is 0.714 bits per heavy atom. The number of halogens is 1. The molecule has 0 bridgehead atoms. The second kappa shape index (κ2) is 4.64. The van der Waals surface area contributed by atoms with Gasteiger partial charge in [0, 0.05) is 10.8 Å². The molecule has 4 aromatic rings. The lowest BCUT2D eigenvalue weighted by Crippen LogP contribution is -1.94. The average molecular weight is 338 g/mol. The average Bonchev–Trinajstić information content (AvgIpc) is 2.85. The summed E-state index contributed by atoms with van der Waals surface area (Å²) in [5.41, 5.74) is 3.20. The number of phenolic OH excluding ortho intramolecular Hbond substituents is 1. The highest BCUT2D eigenvalue weighted by Gasteiger charge is 2.14. The predicted molar refractivity (Wildman–Crippen MR) is 90.1 cm³/mol. The second-order valence-corrected chi connectivity index (χ2v) is 5.77. The number of aromatic nitrogens is 1. The molecule has 2 nitrogen and oxygen atoms in total. The van der Waals surface area contributed by atoms with Crippen molar-refractivity contribution in [3.05, 3.63) is 71.2 Å². The lowest BCUT2D eigenvalue weighted by molar-refractivity contribution is 0.471. The number of phenols is 1. The van der Waals surface area contributed by atoms with Gasteiger partial charge in [-0.2, -0.15) is 0 Å². The molecular weight excluding hydrogens is 326 g/mol. The van der Waals surface area contributed by atoms with Gasteiger partial charge in [-0.05, 0) is 40.2 Å². The Kier molecular flexibility index (Phi) is 2.76. The molecule has 0 aliphatic carbocycles. The molecule has 0 saturated heterocycles. The zero-order chi connectivity index (χ0) is 14.4. The van der Waals surface area contributed by atoms with Crippen LogP contribution in [0.4, 0.5) is 0 Å². The van der Waals surface area contributed by atoms with Crippen molar-refractivity contribution in [1.82, 2.24) is 4.57 Å². The first-order chi connectivity index (χ1) is 10.3. The zero-order valence-electron chi connectivity index (χ0n) is 11.1. The third kappa shape index (κ3) is 1.78. The Hall–Kier alpha value is -2.26. The minimum absolute atomic E-state index is 0.245. The van der Waals surface area contributed by atoms with Gasteiger partial charge in [0.25, 0.3) is 0 Å². The number of hydrogen-bond acceptors (Lipinski definition) is 1. The first-order valence-corrected chi connectivity index (χ1v) is 7.53. The minimum atomic E-state index is 0.245. The summed E-state index contributed by atoms with van der Waals surface area (Å²) in [6.07, 6.45) is 0. The van der Waals surface area contributed by atoms with Crippen LogP contribution in [-0.2, 0) is 0 Å². The summed E-state index contributed by atoms with van der Waals surface area (Å²) in [5.74, 6) is 0.245. The highest BCUT2D eigenvalue weighted by atomic mass is 79.9. The van der Waals surface area contributed by atoms with Crippen LogP contribution in [0.15, 0.2) is 71.2 Å². The number of fused-ring (bicyclic) bond motifs is 3. The lowest BCUT2D eigenvalue weighted by Gasteiger charge is -2.10. The monoisotopic (exact) mass is 337 g/mol. The fraction of sp³-hybridized carbons (Fsp3) is 0. The SMILES string of the molecule is Oc1cccc(-n2c3ccccc3c3ccccc32)c1Br. The number of benzene rings is 3. The van der Waals surface area contributed by atoms with E-state index < -0.39 is 0 Å². The van der Waals surface area contributed by atoms with Crippen molar-refractivity contribution in [1.29, 1.82) is 0 Å². The first-order valence-electron chi connectivity index (χ1n) is 6.73. The van der Waals surface area contributed by atoms with Gasteiger partial charge < -0.3 is 9.67 Å². The van der Waals surface area contributed by atoms with Crippen molar-refractivity contribution >= 4 is 37.7 Å². The normalized spacial score (nSPS) is 11.3. The summed E-state index contributed by atoms with van der Waals surface area (Å²) in [7, 11) is 0. The van der Waals surface area contributed by atoms with E-state index >= 15 is 0 Å². The Labute approximate surface area is 130 Å². The van der Waals surface area contributed by atoms with Gasteiger partial charge in [0.1, 0.15) is 5.75 Å². The Morgan fingerprint density at radius 3 is 1.90 bits per heavy atom. The summed E-state index contributed by atoms with van der Waals surface area (Å²) in [5, 5.41) is 12.4. The van der Waals surface area contributed by atoms with Gasteiger partial charge in [-0.25, -0.2) is 0 Å². The maximum Gasteiger partial charge on any atom is 0.131 e. The maximum atomic E-state index is 9.98. The number of para-hydroxylation sites is 2. The fourth-order valence-corrected chi connectivity index (χ4v) is 3.30.